The molecule has 0 aliphatic heterocycles. The lowest BCUT2D eigenvalue weighted by Gasteiger charge is -2.21. The van der Waals surface area contributed by atoms with Crippen molar-refractivity contribution in [2.75, 3.05) is 39.6 Å². The van der Waals surface area contributed by atoms with Gasteiger partial charge in [0.15, 0.2) is 6.10 Å². The highest BCUT2D eigenvalue weighted by Crippen LogP contribution is 2.45. The van der Waals surface area contributed by atoms with E-state index in [1.165, 1.54) is 109 Å². The Bertz CT molecular complexity index is 1650. The predicted molar refractivity (Wildman–Crippen MR) is 316 cm³/mol. The van der Waals surface area contributed by atoms with Gasteiger partial charge in [0, 0.05) is 19.3 Å². The van der Waals surface area contributed by atoms with Crippen LogP contribution in [0, 0.1) is 0 Å². The number of rotatable bonds is 59. The molecule has 0 fully saturated rings. The summed E-state index contributed by atoms with van der Waals surface area (Å²) in [5, 5.41) is 20.5. The number of hydrogen-bond acceptors (Lipinski definition) is 14. The van der Waals surface area contributed by atoms with Crippen LogP contribution >= 0.6 is 15.6 Å². The van der Waals surface area contributed by atoms with Crippen molar-refractivity contribution in [2.24, 2.45) is 0 Å². The normalized spacial score (nSPS) is 14.8. The maximum atomic E-state index is 12.9. The van der Waals surface area contributed by atoms with Gasteiger partial charge in [0.2, 0.25) is 0 Å². The van der Waals surface area contributed by atoms with Crippen LogP contribution in [0.3, 0.4) is 0 Å². The molecule has 4 N–H and O–H groups in total. The number of aliphatic hydroxyl groups is 2. The van der Waals surface area contributed by atoms with Crippen LogP contribution in [0.5, 0.6) is 0 Å². The van der Waals surface area contributed by atoms with E-state index in [2.05, 4.69) is 69.4 Å². The van der Waals surface area contributed by atoms with Crippen LogP contribution in [0.1, 0.15) is 265 Å². The fourth-order valence-corrected chi connectivity index (χ4v) is 9.91. The van der Waals surface area contributed by atoms with Crippen molar-refractivity contribution < 1.29 is 75.8 Å². The van der Waals surface area contributed by atoms with Crippen LogP contribution in [0.4, 0.5) is 0 Å². The van der Waals surface area contributed by atoms with Crippen molar-refractivity contribution in [1.82, 2.24) is 0 Å². The zero-order chi connectivity index (χ0) is 58.2. The average Bonchev–Trinajstić information content (AvgIpc) is 3.42. The Labute approximate surface area is 478 Å². The van der Waals surface area contributed by atoms with Crippen molar-refractivity contribution >= 4 is 33.6 Å². The summed E-state index contributed by atoms with van der Waals surface area (Å²) in [5.41, 5.74) is 0. The third-order valence-corrected chi connectivity index (χ3v) is 15.0. The molecule has 462 valence electrons. The molecule has 0 amide bonds. The smallest absolute Gasteiger partial charge is 0.463 e. The number of aliphatic hydroxyl groups excluding tert-OH is 2. The first-order chi connectivity index (χ1) is 38.2. The van der Waals surface area contributed by atoms with Crippen molar-refractivity contribution in [2.45, 2.75) is 283 Å². The van der Waals surface area contributed by atoms with Gasteiger partial charge in [-0.15, -0.1) is 0 Å². The number of esters is 3. The molecule has 0 bridgehead atoms. The summed E-state index contributed by atoms with van der Waals surface area (Å²) in [5.74, 6) is -1.58. The molecule has 0 aromatic carbocycles. The Balaban J connectivity index is 4.65. The molecule has 0 heterocycles. The highest BCUT2D eigenvalue weighted by atomic mass is 31.2. The lowest BCUT2D eigenvalue weighted by atomic mass is 10.0. The number of carbonyl (C=O) groups excluding carboxylic acids is 3. The summed E-state index contributed by atoms with van der Waals surface area (Å²) in [7, 11) is -9.75. The van der Waals surface area contributed by atoms with E-state index < -0.39 is 91.5 Å². The van der Waals surface area contributed by atoms with Gasteiger partial charge < -0.3 is 34.2 Å². The second-order valence-corrected chi connectivity index (χ2v) is 23.8. The predicted octanol–water partition coefficient (Wildman–Crippen LogP) is 16.1. The van der Waals surface area contributed by atoms with Gasteiger partial charge in [-0.3, -0.25) is 32.5 Å². The fourth-order valence-electron chi connectivity index (χ4n) is 8.33. The summed E-state index contributed by atoms with van der Waals surface area (Å²) in [6.45, 7) is 2.54. The zero-order valence-electron chi connectivity index (χ0n) is 49.5. The van der Waals surface area contributed by atoms with Crippen molar-refractivity contribution in [3.8, 4) is 0 Å². The summed E-state index contributed by atoms with van der Waals surface area (Å²) < 4.78 is 60.6. The standard InChI is InChI=1S/C61H112O16P2/c1-4-7-10-13-16-19-22-25-26-27-28-31-33-35-38-41-44-47-59(64)71-50-56(62)51-73-78(67,68)74-52-57(63)53-75-79(69,70)76-55-58(77-61(66)49-46-43-40-37-34-30-24-21-18-15-12-9-6-3)54-72-60(65)48-45-42-39-36-32-29-23-20-17-14-11-8-5-2/h7,10,16,19,25-26,28,31,56-58,62-63H,4-6,8-9,11-15,17-18,20-24,27,29-30,32-55H2,1-3H3,(H,67,68)(H,69,70)/b10-7-,19-16-,26-25-,31-28-. The minimum Gasteiger partial charge on any atom is -0.463 e. The molecule has 0 saturated carbocycles. The van der Waals surface area contributed by atoms with Crippen molar-refractivity contribution in [3.63, 3.8) is 0 Å². The van der Waals surface area contributed by atoms with Gasteiger partial charge in [0.1, 0.15) is 25.4 Å². The van der Waals surface area contributed by atoms with Gasteiger partial charge in [-0.25, -0.2) is 9.13 Å². The first-order valence-corrected chi connectivity index (χ1v) is 33.9. The van der Waals surface area contributed by atoms with Crippen LogP contribution in [0.15, 0.2) is 48.6 Å². The third kappa shape index (κ3) is 57.1. The molecule has 0 saturated heterocycles. The SMILES string of the molecule is CC/C=C\C/C=C\C/C=C\C/C=C\CCCCCCC(=O)OCC(O)COP(=O)(O)OCC(O)COP(=O)(O)OCC(COC(=O)CCCCCCCCCCCCCCC)OC(=O)CCCCCCCCCCCCCCC. The molecule has 0 aliphatic rings. The van der Waals surface area contributed by atoms with Crippen LogP contribution < -0.4 is 0 Å². The highest BCUT2D eigenvalue weighted by Gasteiger charge is 2.29. The van der Waals surface area contributed by atoms with Gasteiger partial charge >= 0.3 is 33.6 Å². The molecule has 0 spiro atoms. The Morgan fingerprint density at radius 1 is 0.367 bits per heavy atom. The fraction of sp³-hybridized carbons (Fsp3) is 0.820. The summed E-state index contributed by atoms with van der Waals surface area (Å²) >= 11 is 0. The number of phosphoric ester groups is 2. The Kier molecular flexibility index (Phi) is 54.2. The lowest BCUT2D eigenvalue weighted by Crippen LogP contribution is -2.30. The quantitative estimate of drug-likeness (QED) is 0.0146. The maximum Gasteiger partial charge on any atom is 0.472 e. The Hall–Kier alpha value is -2.49. The second-order valence-electron chi connectivity index (χ2n) is 20.8. The molecule has 0 aromatic rings. The zero-order valence-corrected chi connectivity index (χ0v) is 51.3. The molecule has 18 heteroatoms. The number of phosphoric acid groups is 2. The first kappa shape index (κ1) is 76.5. The average molecular weight is 1160 g/mol. The number of allylic oxidation sites excluding steroid dienone is 8. The number of hydrogen-bond donors (Lipinski definition) is 4. The second kappa shape index (κ2) is 56.0. The lowest BCUT2D eigenvalue weighted by molar-refractivity contribution is -0.161. The first-order valence-electron chi connectivity index (χ1n) is 30.9. The summed E-state index contributed by atoms with van der Waals surface area (Å²) in [6.07, 6.45) is 51.7. The van der Waals surface area contributed by atoms with E-state index in [0.717, 1.165) is 96.3 Å². The van der Waals surface area contributed by atoms with Gasteiger partial charge in [0.05, 0.1) is 26.4 Å². The molecule has 5 atom stereocenters. The summed E-state index contributed by atoms with van der Waals surface area (Å²) in [4.78, 5) is 58.1. The van der Waals surface area contributed by atoms with Gasteiger partial charge in [-0.2, -0.15) is 0 Å². The number of unbranched alkanes of at least 4 members (excludes halogenated alkanes) is 28. The molecule has 5 unspecified atom stereocenters. The van der Waals surface area contributed by atoms with Crippen molar-refractivity contribution in [3.05, 3.63) is 48.6 Å². The van der Waals surface area contributed by atoms with E-state index in [4.69, 9.17) is 32.3 Å². The molecule has 0 aromatic heterocycles. The van der Waals surface area contributed by atoms with Gasteiger partial charge in [0.25, 0.3) is 0 Å². The van der Waals surface area contributed by atoms with E-state index in [1.54, 1.807) is 0 Å². The van der Waals surface area contributed by atoms with E-state index in [-0.39, 0.29) is 19.3 Å². The number of carbonyl (C=O) groups is 3. The molecule has 0 radical (unpaired) electrons. The van der Waals surface area contributed by atoms with E-state index in [0.29, 0.717) is 19.3 Å². The molecule has 16 nitrogen and oxygen atoms in total. The maximum absolute atomic E-state index is 12.9. The van der Waals surface area contributed by atoms with Crippen LogP contribution in [-0.4, -0.2) is 95.9 Å². The largest absolute Gasteiger partial charge is 0.472 e. The molecule has 79 heavy (non-hydrogen) atoms. The van der Waals surface area contributed by atoms with Crippen LogP contribution in [0.2, 0.25) is 0 Å². The molecular weight excluding hydrogens is 1050 g/mol. The molecular formula is C61H112O16P2. The topological polar surface area (TPSA) is 231 Å². The van der Waals surface area contributed by atoms with Crippen LogP contribution in [0.25, 0.3) is 0 Å². The third-order valence-electron chi connectivity index (χ3n) is 13.1. The highest BCUT2D eigenvalue weighted by molar-refractivity contribution is 7.47. The summed E-state index contributed by atoms with van der Waals surface area (Å²) in [6, 6.07) is 0. The van der Waals surface area contributed by atoms with Gasteiger partial charge in [-0.05, 0) is 57.8 Å². The molecule has 0 rings (SSSR count). The minimum absolute atomic E-state index is 0.112. The van der Waals surface area contributed by atoms with Crippen molar-refractivity contribution in [1.29, 1.82) is 0 Å². The van der Waals surface area contributed by atoms with E-state index in [1.807, 2.05) is 0 Å². The van der Waals surface area contributed by atoms with Gasteiger partial charge in [-0.1, -0.05) is 236 Å². The Morgan fingerprint density at radius 3 is 1.06 bits per heavy atom. The monoisotopic (exact) mass is 1160 g/mol. The molecule has 0 aliphatic carbocycles. The minimum atomic E-state index is -4.91. The number of ether oxygens (including phenoxy) is 3. The van der Waals surface area contributed by atoms with Crippen LogP contribution in [-0.2, 0) is 55.8 Å². The Morgan fingerprint density at radius 2 is 0.671 bits per heavy atom. The van der Waals surface area contributed by atoms with E-state index in [9.17, 15) is 43.5 Å². The van der Waals surface area contributed by atoms with E-state index >= 15 is 0 Å².